The van der Waals surface area contributed by atoms with Gasteiger partial charge in [-0.3, -0.25) is 4.99 Å². The lowest BCUT2D eigenvalue weighted by Crippen LogP contribution is -2.23. The predicted molar refractivity (Wildman–Crippen MR) is 108 cm³/mol. The van der Waals surface area contributed by atoms with Crippen LogP contribution in [0.4, 0.5) is 5.69 Å². The zero-order valence-electron chi connectivity index (χ0n) is 12.5. The summed E-state index contributed by atoms with van der Waals surface area (Å²) in [4.78, 5) is 4.99. The van der Waals surface area contributed by atoms with Gasteiger partial charge in [0, 0.05) is 10.6 Å². The lowest BCUT2D eigenvalue weighted by Gasteiger charge is -2.09. The standard InChI is InChI=1S/C16H18ClN3OS.HI/c17-15-7-6-14(22-15)13(21)9-19-16(18)20-12-5-4-10-2-1-3-11(10)8-12;/h4-8,13,21H,1-3,9H2,(H3,18,19,20);1H. The fourth-order valence-electron chi connectivity index (χ4n) is 2.62. The molecule has 0 aliphatic heterocycles. The molecule has 0 saturated carbocycles. The fourth-order valence-corrected chi connectivity index (χ4v) is 3.66. The van der Waals surface area contributed by atoms with Gasteiger partial charge < -0.3 is 16.2 Å². The van der Waals surface area contributed by atoms with Gasteiger partial charge in [0.05, 0.1) is 10.9 Å². The summed E-state index contributed by atoms with van der Waals surface area (Å²) in [6.45, 7) is 0.209. The third kappa shape index (κ3) is 4.82. The van der Waals surface area contributed by atoms with Crippen LogP contribution >= 0.6 is 46.9 Å². The van der Waals surface area contributed by atoms with Crippen LogP contribution in [0.25, 0.3) is 0 Å². The average molecular weight is 464 g/mol. The van der Waals surface area contributed by atoms with Crippen LogP contribution in [0.2, 0.25) is 4.34 Å². The number of benzene rings is 1. The van der Waals surface area contributed by atoms with E-state index < -0.39 is 6.10 Å². The van der Waals surface area contributed by atoms with E-state index in [2.05, 4.69) is 22.4 Å². The summed E-state index contributed by atoms with van der Waals surface area (Å²) in [5.41, 5.74) is 9.63. The second-order valence-corrected chi connectivity index (χ2v) is 7.09. The van der Waals surface area contributed by atoms with Crippen LogP contribution in [0, 0.1) is 0 Å². The first-order chi connectivity index (χ1) is 10.6. The molecule has 4 N–H and O–H groups in total. The minimum Gasteiger partial charge on any atom is -0.386 e. The molecule has 2 aromatic rings. The summed E-state index contributed by atoms with van der Waals surface area (Å²) in [5.74, 6) is 0.305. The summed E-state index contributed by atoms with van der Waals surface area (Å²) in [6.07, 6.45) is 2.82. The molecular formula is C16H19ClIN3OS. The second kappa shape index (κ2) is 8.32. The van der Waals surface area contributed by atoms with Crippen LogP contribution < -0.4 is 11.1 Å². The highest BCUT2D eigenvalue weighted by Gasteiger charge is 2.12. The monoisotopic (exact) mass is 463 g/mol. The van der Waals surface area contributed by atoms with Crippen LogP contribution in [-0.2, 0) is 12.8 Å². The zero-order chi connectivity index (χ0) is 15.5. The van der Waals surface area contributed by atoms with E-state index in [0.717, 1.165) is 23.4 Å². The number of fused-ring (bicyclic) bond motifs is 1. The van der Waals surface area contributed by atoms with Gasteiger partial charge >= 0.3 is 0 Å². The minimum absolute atomic E-state index is 0. The van der Waals surface area contributed by atoms with Gasteiger partial charge in [-0.25, -0.2) is 0 Å². The lowest BCUT2D eigenvalue weighted by atomic mass is 10.1. The van der Waals surface area contributed by atoms with Gasteiger partial charge in [-0.05, 0) is 54.7 Å². The number of nitrogens with one attached hydrogen (secondary N) is 1. The molecule has 1 unspecified atom stereocenters. The fraction of sp³-hybridized carbons (Fsp3) is 0.312. The number of nitrogens with two attached hydrogens (primary N) is 1. The molecule has 0 spiro atoms. The zero-order valence-corrected chi connectivity index (χ0v) is 16.4. The first-order valence-electron chi connectivity index (χ1n) is 7.24. The van der Waals surface area contributed by atoms with Gasteiger partial charge in [-0.2, -0.15) is 0 Å². The van der Waals surface area contributed by atoms with E-state index in [1.54, 1.807) is 12.1 Å². The number of thiophene rings is 1. The molecule has 0 bridgehead atoms. The molecule has 0 radical (unpaired) electrons. The van der Waals surface area contributed by atoms with E-state index in [1.807, 2.05) is 6.07 Å². The number of rotatable bonds is 4. The van der Waals surface area contributed by atoms with Crippen molar-refractivity contribution < 1.29 is 5.11 Å². The maximum absolute atomic E-state index is 10.0. The molecule has 0 saturated heterocycles. The topological polar surface area (TPSA) is 70.6 Å². The molecule has 1 aromatic carbocycles. The Morgan fingerprint density at radius 3 is 2.83 bits per heavy atom. The van der Waals surface area contributed by atoms with Gasteiger partial charge in [0.1, 0.15) is 6.10 Å². The highest BCUT2D eigenvalue weighted by Crippen LogP contribution is 2.27. The number of aliphatic hydroxyl groups excluding tert-OH is 1. The molecule has 4 nitrogen and oxygen atoms in total. The van der Waals surface area contributed by atoms with Crippen molar-refractivity contribution in [3.05, 3.63) is 50.7 Å². The number of aliphatic imine (C=N–C) groups is 1. The van der Waals surface area contributed by atoms with Gasteiger partial charge in [-0.1, -0.05) is 17.7 Å². The number of anilines is 1. The Labute approximate surface area is 161 Å². The Bertz CT molecular complexity index is 704. The Morgan fingerprint density at radius 2 is 2.09 bits per heavy atom. The molecule has 1 aliphatic carbocycles. The number of nitrogens with zero attached hydrogens (tertiary/aromatic N) is 1. The average Bonchev–Trinajstić information content (AvgIpc) is 3.13. The van der Waals surface area contributed by atoms with Crippen molar-refractivity contribution in [3.8, 4) is 0 Å². The number of aliphatic hydroxyl groups is 1. The molecule has 1 atom stereocenters. The summed E-state index contributed by atoms with van der Waals surface area (Å²) in [5, 5.41) is 13.1. The molecule has 1 aliphatic rings. The Kier molecular flexibility index (Phi) is 6.70. The van der Waals surface area contributed by atoms with Crippen LogP contribution in [-0.4, -0.2) is 17.6 Å². The third-order valence-electron chi connectivity index (χ3n) is 3.73. The first-order valence-corrected chi connectivity index (χ1v) is 8.43. The highest BCUT2D eigenvalue weighted by atomic mass is 127. The summed E-state index contributed by atoms with van der Waals surface area (Å²) in [7, 11) is 0. The Hall–Kier alpha value is -0.830. The molecular weight excluding hydrogens is 445 g/mol. The van der Waals surface area contributed by atoms with Crippen molar-refractivity contribution in [1.29, 1.82) is 0 Å². The van der Waals surface area contributed by atoms with Crippen LogP contribution in [0.5, 0.6) is 0 Å². The van der Waals surface area contributed by atoms with Crippen LogP contribution in [0.3, 0.4) is 0 Å². The Balaban J connectivity index is 0.00000192. The van der Waals surface area contributed by atoms with Gasteiger partial charge in [0.2, 0.25) is 0 Å². The first kappa shape index (κ1) is 18.5. The van der Waals surface area contributed by atoms with Crippen molar-refractivity contribution in [2.45, 2.75) is 25.4 Å². The van der Waals surface area contributed by atoms with E-state index >= 15 is 0 Å². The van der Waals surface area contributed by atoms with Gasteiger partial charge in [0.25, 0.3) is 0 Å². The van der Waals surface area contributed by atoms with Crippen molar-refractivity contribution in [1.82, 2.24) is 0 Å². The predicted octanol–water partition coefficient (Wildman–Crippen LogP) is 3.97. The molecule has 7 heteroatoms. The SMILES string of the molecule is I.NC(=NCC(O)c1ccc(Cl)s1)Nc1ccc2c(c1)CCC2. The molecule has 0 amide bonds. The molecule has 23 heavy (non-hydrogen) atoms. The highest BCUT2D eigenvalue weighted by molar-refractivity contribution is 14.0. The molecule has 124 valence electrons. The molecule has 3 rings (SSSR count). The second-order valence-electron chi connectivity index (χ2n) is 5.35. The maximum atomic E-state index is 10.0. The Morgan fingerprint density at radius 1 is 1.30 bits per heavy atom. The smallest absolute Gasteiger partial charge is 0.193 e. The number of hydrogen-bond acceptors (Lipinski definition) is 3. The van der Waals surface area contributed by atoms with E-state index in [4.69, 9.17) is 17.3 Å². The maximum Gasteiger partial charge on any atom is 0.193 e. The van der Waals surface area contributed by atoms with Crippen molar-refractivity contribution in [3.63, 3.8) is 0 Å². The van der Waals surface area contributed by atoms with E-state index in [1.165, 1.54) is 28.9 Å². The normalized spacial score (nSPS) is 15.0. The number of aryl methyl sites for hydroxylation is 2. The van der Waals surface area contributed by atoms with E-state index in [9.17, 15) is 5.11 Å². The molecule has 1 heterocycles. The van der Waals surface area contributed by atoms with Crippen LogP contribution in [0.15, 0.2) is 35.3 Å². The van der Waals surface area contributed by atoms with Crippen molar-refractivity contribution in [2.24, 2.45) is 10.7 Å². The number of hydrogen-bond donors (Lipinski definition) is 3. The number of halogens is 2. The lowest BCUT2D eigenvalue weighted by molar-refractivity contribution is 0.191. The minimum atomic E-state index is -0.683. The summed E-state index contributed by atoms with van der Waals surface area (Å²) < 4.78 is 0.655. The van der Waals surface area contributed by atoms with Crippen molar-refractivity contribution in [2.75, 3.05) is 11.9 Å². The molecule has 0 fully saturated rings. The number of guanidine groups is 1. The van der Waals surface area contributed by atoms with E-state index in [0.29, 0.717) is 10.3 Å². The van der Waals surface area contributed by atoms with Gasteiger partial charge in [0.15, 0.2) is 5.96 Å². The molecule has 1 aromatic heterocycles. The van der Waals surface area contributed by atoms with Gasteiger partial charge in [-0.15, -0.1) is 35.3 Å². The summed E-state index contributed by atoms with van der Waals surface area (Å²) >= 11 is 7.21. The van der Waals surface area contributed by atoms with Crippen molar-refractivity contribution >= 4 is 58.6 Å². The quantitative estimate of drug-likeness (QED) is 0.365. The third-order valence-corrected chi connectivity index (χ3v) is 5.06. The van der Waals surface area contributed by atoms with E-state index in [-0.39, 0.29) is 30.5 Å². The largest absolute Gasteiger partial charge is 0.386 e. The summed E-state index contributed by atoms with van der Waals surface area (Å²) in [6, 6.07) is 9.85. The van der Waals surface area contributed by atoms with Crippen LogP contribution in [0.1, 0.15) is 28.5 Å².